The summed E-state index contributed by atoms with van der Waals surface area (Å²) in [5, 5.41) is 4.10. The molecule has 8 nitrogen and oxygen atoms in total. The van der Waals surface area contributed by atoms with Crippen molar-refractivity contribution >= 4 is 5.82 Å². The van der Waals surface area contributed by atoms with Crippen molar-refractivity contribution in [3.8, 4) is 5.95 Å². The highest BCUT2D eigenvalue weighted by atomic mass is 19.4. The van der Waals surface area contributed by atoms with E-state index in [2.05, 4.69) is 29.9 Å². The SMILES string of the molecule is Cc1ncnn1-c1ncc(CN(C2CC2)C2CCN(c3ccc(C(F)(F)F)cn3)CC2F)cn1. The van der Waals surface area contributed by atoms with Crippen molar-refractivity contribution < 1.29 is 17.6 Å². The van der Waals surface area contributed by atoms with Crippen LogP contribution in [0.15, 0.2) is 37.1 Å². The summed E-state index contributed by atoms with van der Waals surface area (Å²) in [4.78, 5) is 20.7. The van der Waals surface area contributed by atoms with Gasteiger partial charge in [-0.1, -0.05) is 0 Å². The highest BCUT2D eigenvalue weighted by Crippen LogP contribution is 2.35. The highest BCUT2D eigenvalue weighted by Gasteiger charge is 2.41. The molecular formula is C22H24F4N8. The summed E-state index contributed by atoms with van der Waals surface area (Å²) in [5.74, 6) is 1.47. The number of hydrogen-bond acceptors (Lipinski definition) is 7. The third kappa shape index (κ3) is 4.72. The van der Waals surface area contributed by atoms with Gasteiger partial charge in [-0.2, -0.15) is 23.0 Å². The van der Waals surface area contributed by atoms with Crippen LogP contribution in [-0.4, -0.2) is 66.0 Å². The second kappa shape index (κ2) is 8.90. The number of aryl methyl sites for hydroxylation is 1. The highest BCUT2D eigenvalue weighted by molar-refractivity contribution is 5.41. The number of pyridine rings is 1. The van der Waals surface area contributed by atoms with E-state index in [1.54, 1.807) is 22.0 Å². The molecule has 2 fully saturated rings. The minimum absolute atomic E-state index is 0.0905. The van der Waals surface area contributed by atoms with Crippen molar-refractivity contribution in [2.45, 2.75) is 57.2 Å². The standard InChI is InChI=1S/C22H24F4N8/c1-14-30-13-31-34(14)21-28-8-15(9-29-21)11-33(17-3-4-17)19-6-7-32(12-18(19)23)20-5-2-16(10-27-20)22(24,25)26/h2,5,8-10,13,17-19H,3-4,6-7,11-12H2,1H3. The van der Waals surface area contributed by atoms with Crippen molar-refractivity contribution in [2.24, 2.45) is 0 Å². The topological polar surface area (TPSA) is 75.9 Å². The molecular weight excluding hydrogens is 452 g/mol. The molecule has 3 aromatic heterocycles. The molecule has 2 unspecified atom stereocenters. The van der Waals surface area contributed by atoms with Crippen LogP contribution in [0.4, 0.5) is 23.4 Å². The van der Waals surface area contributed by atoms with Gasteiger partial charge in [0.2, 0.25) is 0 Å². The van der Waals surface area contributed by atoms with Gasteiger partial charge >= 0.3 is 6.18 Å². The number of alkyl halides is 4. The lowest BCUT2D eigenvalue weighted by molar-refractivity contribution is -0.137. The van der Waals surface area contributed by atoms with Crippen molar-refractivity contribution in [1.29, 1.82) is 0 Å². The number of aromatic nitrogens is 6. The van der Waals surface area contributed by atoms with Gasteiger partial charge in [0.05, 0.1) is 12.1 Å². The molecule has 1 aliphatic carbocycles. The van der Waals surface area contributed by atoms with Gasteiger partial charge in [-0.3, -0.25) is 4.90 Å². The number of nitrogens with zero attached hydrogens (tertiary/aromatic N) is 8. The Hall–Kier alpha value is -3.15. The summed E-state index contributed by atoms with van der Waals surface area (Å²) in [6.45, 7) is 2.96. The molecule has 3 aromatic rings. The van der Waals surface area contributed by atoms with E-state index < -0.39 is 17.9 Å². The van der Waals surface area contributed by atoms with E-state index in [1.807, 2.05) is 6.92 Å². The molecule has 2 aliphatic rings. The van der Waals surface area contributed by atoms with Crippen LogP contribution in [0.25, 0.3) is 5.95 Å². The average molecular weight is 476 g/mol. The lowest BCUT2D eigenvalue weighted by atomic mass is 10.00. The number of rotatable bonds is 6. The van der Waals surface area contributed by atoms with Crippen LogP contribution < -0.4 is 4.90 Å². The maximum absolute atomic E-state index is 15.3. The Labute approximate surface area is 193 Å². The third-order valence-corrected chi connectivity index (χ3v) is 6.31. The van der Waals surface area contributed by atoms with Crippen LogP contribution in [0.1, 0.15) is 36.2 Å². The van der Waals surface area contributed by atoms with Gasteiger partial charge in [0.25, 0.3) is 5.95 Å². The second-order valence-corrected chi connectivity index (χ2v) is 8.73. The minimum atomic E-state index is -4.44. The lowest BCUT2D eigenvalue weighted by Gasteiger charge is -2.41. The first kappa shape index (κ1) is 22.6. The van der Waals surface area contributed by atoms with Crippen molar-refractivity contribution in [2.75, 3.05) is 18.0 Å². The van der Waals surface area contributed by atoms with Crippen molar-refractivity contribution in [3.05, 3.63) is 54.0 Å². The summed E-state index contributed by atoms with van der Waals surface area (Å²) in [6, 6.07) is 2.33. The fraction of sp³-hybridized carbons (Fsp3) is 0.500. The smallest absolute Gasteiger partial charge is 0.354 e. The summed E-state index contributed by atoms with van der Waals surface area (Å²) >= 11 is 0. The number of anilines is 1. The quantitative estimate of drug-likeness (QED) is 0.505. The zero-order valence-corrected chi connectivity index (χ0v) is 18.5. The van der Waals surface area contributed by atoms with E-state index in [4.69, 9.17) is 0 Å². The van der Waals surface area contributed by atoms with Crippen LogP contribution >= 0.6 is 0 Å². The van der Waals surface area contributed by atoms with E-state index in [1.165, 1.54) is 12.4 Å². The van der Waals surface area contributed by atoms with Gasteiger partial charge in [0, 0.05) is 49.3 Å². The Morgan fingerprint density at radius 3 is 2.35 bits per heavy atom. The molecule has 0 amide bonds. The first-order valence-corrected chi connectivity index (χ1v) is 11.2. The van der Waals surface area contributed by atoms with Gasteiger partial charge in [-0.25, -0.2) is 24.3 Å². The monoisotopic (exact) mass is 476 g/mol. The molecule has 1 saturated carbocycles. The number of hydrogen-bond donors (Lipinski definition) is 0. The zero-order valence-electron chi connectivity index (χ0n) is 18.5. The molecule has 0 radical (unpaired) electrons. The van der Waals surface area contributed by atoms with Gasteiger partial charge < -0.3 is 4.90 Å². The first-order chi connectivity index (χ1) is 16.3. The molecule has 5 rings (SSSR count). The Kier molecular flexibility index (Phi) is 5.92. The maximum atomic E-state index is 15.3. The molecule has 0 spiro atoms. The van der Waals surface area contributed by atoms with Gasteiger partial charge in [-0.05, 0) is 38.3 Å². The Bertz CT molecular complexity index is 1110. The minimum Gasteiger partial charge on any atom is -0.354 e. The fourth-order valence-electron chi connectivity index (χ4n) is 4.38. The molecule has 0 N–H and O–H groups in total. The van der Waals surface area contributed by atoms with Crippen molar-refractivity contribution in [1.82, 2.24) is 34.6 Å². The van der Waals surface area contributed by atoms with Crippen LogP contribution in [0.2, 0.25) is 0 Å². The number of halogens is 4. The molecule has 1 saturated heterocycles. The molecule has 34 heavy (non-hydrogen) atoms. The molecule has 180 valence electrons. The maximum Gasteiger partial charge on any atom is 0.417 e. The molecule has 4 heterocycles. The van der Waals surface area contributed by atoms with E-state index in [0.717, 1.165) is 30.7 Å². The van der Waals surface area contributed by atoms with Gasteiger partial charge in [-0.15, -0.1) is 0 Å². The Morgan fingerprint density at radius 1 is 1.03 bits per heavy atom. The Morgan fingerprint density at radius 2 is 1.79 bits per heavy atom. The predicted octanol–water partition coefficient (Wildman–Crippen LogP) is 3.36. The van der Waals surface area contributed by atoms with E-state index in [9.17, 15) is 13.2 Å². The lowest BCUT2D eigenvalue weighted by Crippen LogP contribution is -2.53. The normalized spacial score (nSPS) is 21.3. The largest absolute Gasteiger partial charge is 0.417 e. The second-order valence-electron chi connectivity index (χ2n) is 8.73. The van der Waals surface area contributed by atoms with Crippen LogP contribution in [-0.2, 0) is 12.7 Å². The zero-order chi connectivity index (χ0) is 23.9. The van der Waals surface area contributed by atoms with Crippen LogP contribution in [0.3, 0.4) is 0 Å². The molecule has 2 atom stereocenters. The van der Waals surface area contributed by atoms with E-state index in [-0.39, 0.29) is 12.6 Å². The summed E-state index contributed by atoms with van der Waals surface area (Å²) in [7, 11) is 0. The molecule has 12 heteroatoms. The molecule has 1 aliphatic heterocycles. The summed E-state index contributed by atoms with van der Waals surface area (Å²) in [5.41, 5.74) is 0.0718. The average Bonchev–Trinajstić information content (AvgIpc) is 3.58. The summed E-state index contributed by atoms with van der Waals surface area (Å²) in [6.07, 6.45) is 2.69. The van der Waals surface area contributed by atoms with Crippen LogP contribution in [0.5, 0.6) is 0 Å². The summed E-state index contributed by atoms with van der Waals surface area (Å²) < 4.78 is 55.3. The van der Waals surface area contributed by atoms with E-state index in [0.29, 0.717) is 43.1 Å². The predicted molar refractivity (Wildman–Crippen MR) is 115 cm³/mol. The van der Waals surface area contributed by atoms with E-state index >= 15 is 4.39 Å². The fourth-order valence-corrected chi connectivity index (χ4v) is 4.38. The molecule has 0 bridgehead atoms. The number of piperidine rings is 1. The third-order valence-electron chi connectivity index (χ3n) is 6.31. The van der Waals surface area contributed by atoms with Crippen molar-refractivity contribution in [3.63, 3.8) is 0 Å². The van der Waals surface area contributed by atoms with Gasteiger partial charge in [0.15, 0.2) is 0 Å². The van der Waals surface area contributed by atoms with Gasteiger partial charge in [0.1, 0.15) is 24.1 Å². The Balaban J connectivity index is 1.25. The molecule has 0 aromatic carbocycles. The first-order valence-electron chi connectivity index (χ1n) is 11.2. The van der Waals surface area contributed by atoms with Crippen LogP contribution in [0, 0.1) is 6.92 Å².